The molecule has 0 aliphatic heterocycles. The lowest BCUT2D eigenvalue weighted by atomic mass is 10.2. The molecule has 1 aromatic rings. The molecule has 1 heterocycles. The second-order valence-electron chi connectivity index (χ2n) is 4.77. The Morgan fingerprint density at radius 1 is 1.59 bits per heavy atom. The number of carboxylic acids is 1. The Hall–Kier alpha value is -1.42. The number of hydrogen-bond acceptors (Lipinski definition) is 3. The SMILES string of the molecule is CN(CCc1ccccn1)CC1CC1C(=O)O. The fourth-order valence-electron chi connectivity index (χ4n) is 2.09. The highest BCUT2D eigenvalue weighted by atomic mass is 16.4. The Balaban J connectivity index is 1.69. The smallest absolute Gasteiger partial charge is 0.306 e. The van der Waals surface area contributed by atoms with E-state index in [0.717, 1.165) is 31.6 Å². The van der Waals surface area contributed by atoms with Crippen molar-refractivity contribution in [3.63, 3.8) is 0 Å². The summed E-state index contributed by atoms with van der Waals surface area (Å²) in [6.45, 7) is 1.81. The van der Waals surface area contributed by atoms with Crippen LogP contribution in [0.5, 0.6) is 0 Å². The zero-order valence-corrected chi connectivity index (χ0v) is 10.0. The van der Waals surface area contributed by atoms with Gasteiger partial charge in [-0.3, -0.25) is 9.78 Å². The molecule has 1 saturated carbocycles. The highest BCUT2D eigenvalue weighted by Gasteiger charge is 2.43. The van der Waals surface area contributed by atoms with Gasteiger partial charge in [-0.2, -0.15) is 0 Å². The summed E-state index contributed by atoms with van der Waals surface area (Å²) in [7, 11) is 2.04. The van der Waals surface area contributed by atoms with Gasteiger partial charge in [0.15, 0.2) is 0 Å². The third kappa shape index (κ3) is 3.53. The molecular weight excluding hydrogens is 216 g/mol. The zero-order chi connectivity index (χ0) is 12.3. The van der Waals surface area contributed by atoms with E-state index in [9.17, 15) is 4.79 Å². The van der Waals surface area contributed by atoms with E-state index in [-0.39, 0.29) is 5.92 Å². The lowest BCUT2D eigenvalue weighted by Crippen LogP contribution is -2.25. The van der Waals surface area contributed by atoms with Gasteiger partial charge in [-0.25, -0.2) is 0 Å². The van der Waals surface area contributed by atoms with Crippen LogP contribution in [0.15, 0.2) is 24.4 Å². The van der Waals surface area contributed by atoms with Gasteiger partial charge in [-0.15, -0.1) is 0 Å². The Morgan fingerprint density at radius 3 is 3.00 bits per heavy atom. The molecule has 0 radical (unpaired) electrons. The number of pyridine rings is 1. The van der Waals surface area contributed by atoms with Gasteiger partial charge in [0.05, 0.1) is 5.92 Å². The Morgan fingerprint density at radius 2 is 2.41 bits per heavy atom. The maximum absolute atomic E-state index is 10.7. The van der Waals surface area contributed by atoms with Crippen LogP contribution < -0.4 is 0 Å². The number of nitrogens with zero attached hydrogens (tertiary/aromatic N) is 2. The summed E-state index contributed by atoms with van der Waals surface area (Å²) in [5.74, 6) is -0.401. The molecule has 0 saturated heterocycles. The van der Waals surface area contributed by atoms with Gasteiger partial charge in [0.1, 0.15) is 0 Å². The van der Waals surface area contributed by atoms with Crippen molar-refractivity contribution in [2.75, 3.05) is 20.1 Å². The summed E-state index contributed by atoms with van der Waals surface area (Å²) >= 11 is 0. The van der Waals surface area contributed by atoms with Crippen LogP contribution in [-0.2, 0) is 11.2 Å². The monoisotopic (exact) mass is 234 g/mol. The number of carbonyl (C=O) groups is 1. The van der Waals surface area contributed by atoms with E-state index in [1.54, 1.807) is 6.20 Å². The molecule has 1 aliphatic rings. The molecule has 17 heavy (non-hydrogen) atoms. The van der Waals surface area contributed by atoms with Crippen LogP contribution in [0.4, 0.5) is 0 Å². The number of aliphatic carboxylic acids is 1. The second-order valence-corrected chi connectivity index (χ2v) is 4.77. The van der Waals surface area contributed by atoms with Crippen molar-refractivity contribution in [2.45, 2.75) is 12.8 Å². The van der Waals surface area contributed by atoms with E-state index in [1.807, 2.05) is 25.2 Å². The predicted molar refractivity (Wildman–Crippen MR) is 64.7 cm³/mol. The van der Waals surface area contributed by atoms with Crippen molar-refractivity contribution in [1.29, 1.82) is 0 Å². The maximum atomic E-state index is 10.7. The Bertz CT molecular complexity index is 380. The van der Waals surface area contributed by atoms with Crippen LogP contribution in [0.3, 0.4) is 0 Å². The van der Waals surface area contributed by atoms with Crippen molar-refractivity contribution in [3.05, 3.63) is 30.1 Å². The van der Waals surface area contributed by atoms with Crippen molar-refractivity contribution in [3.8, 4) is 0 Å². The van der Waals surface area contributed by atoms with Crippen molar-refractivity contribution in [1.82, 2.24) is 9.88 Å². The summed E-state index contributed by atoms with van der Waals surface area (Å²) < 4.78 is 0. The van der Waals surface area contributed by atoms with Crippen LogP contribution in [-0.4, -0.2) is 41.1 Å². The molecular formula is C13H18N2O2. The maximum Gasteiger partial charge on any atom is 0.306 e. The minimum atomic E-state index is -0.645. The van der Waals surface area contributed by atoms with E-state index in [4.69, 9.17) is 5.11 Å². The molecule has 4 nitrogen and oxygen atoms in total. The average molecular weight is 234 g/mol. The van der Waals surface area contributed by atoms with Gasteiger partial charge < -0.3 is 10.0 Å². The second kappa shape index (κ2) is 5.27. The minimum absolute atomic E-state index is 0.104. The van der Waals surface area contributed by atoms with Crippen molar-refractivity contribution in [2.24, 2.45) is 11.8 Å². The number of likely N-dealkylation sites (N-methyl/N-ethyl adjacent to an activating group) is 1. The quantitative estimate of drug-likeness (QED) is 0.805. The third-order valence-electron chi connectivity index (χ3n) is 3.26. The number of carboxylic acid groups (broad SMARTS) is 1. The van der Waals surface area contributed by atoms with E-state index in [1.165, 1.54) is 0 Å². The van der Waals surface area contributed by atoms with Gasteiger partial charge in [0.25, 0.3) is 0 Å². The summed E-state index contributed by atoms with van der Waals surface area (Å²) in [5, 5.41) is 8.82. The van der Waals surface area contributed by atoms with Gasteiger partial charge in [-0.05, 0) is 31.5 Å². The van der Waals surface area contributed by atoms with Crippen LogP contribution >= 0.6 is 0 Å². The zero-order valence-electron chi connectivity index (χ0n) is 10.0. The average Bonchev–Trinajstić information content (AvgIpc) is 3.07. The molecule has 0 spiro atoms. The fourth-order valence-corrected chi connectivity index (χ4v) is 2.09. The van der Waals surface area contributed by atoms with Crippen LogP contribution in [0.2, 0.25) is 0 Å². The Labute approximate surface area is 101 Å². The van der Waals surface area contributed by atoms with Gasteiger partial charge in [0, 0.05) is 31.4 Å². The summed E-state index contributed by atoms with van der Waals surface area (Å²) in [5.41, 5.74) is 1.09. The molecule has 2 atom stereocenters. The lowest BCUT2D eigenvalue weighted by molar-refractivity contribution is -0.138. The molecule has 1 N–H and O–H groups in total. The minimum Gasteiger partial charge on any atom is -0.481 e. The largest absolute Gasteiger partial charge is 0.481 e. The summed E-state index contributed by atoms with van der Waals surface area (Å²) in [6.07, 6.45) is 3.56. The fraction of sp³-hybridized carbons (Fsp3) is 0.538. The molecule has 1 aromatic heterocycles. The topological polar surface area (TPSA) is 53.4 Å². The Kier molecular flexibility index (Phi) is 3.74. The van der Waals surface area contributed by atoms with E-state index >= 15 is 0 Å². The number of aromatic nitrogens is 1. The molecule has 4 heteroatoms. The first-order valence-corrected chi connectivity index (χ1v) is 5.98. The van der Waals surface area contributed by atoms with Crippen LogP contribution in [0.1, 0.15) is 12.1 Å². The van der Waals surface area contributed by atoms with Crippen molar-refractivity contribution < 1.29 is 9.90 Å². The molecule has 1 fully saturated rings. The van der Waals surface area contributed by atoms with Gasteiger partial charge >= 0.3 is 5.97 Å². The van der Waals surface area contributed by atoms with E-state index in [2.05, 4.69) is 9.88 Å². The lowest BCUT2D eigenvalue weighted by Gasteiger charge is -2.15. The van der Waals surface area contributed by atoms with Crippen LogP contribution in [0.25, 0.3) is 0 Å². The molecule has 1 aliphatic carbocycles. The normalized spacial score (nSPS) is 22.7. The van der Waals surface area contributed by atoms with Gasteiger partial charge in [-0.1, -0.05) is 6.07 Å². The first kappa shape index (κ1) is 12.0. The van der Waals surface area contributed by atoms with Gasteiger partial charge in [0.2, 0.25) is 0 Å². The van der Waals surface area contributed by atoms with Crippen LogP contribution in [0, 0.1) is 11.8 Å². The first-order valence-electron chi connectivity index (χ1n) is 5.98. The number of hydrogen-bond donors (Lipinski definition) is 1. The highest BCUT2D eigenvalue weighted by Crippen LogP contribution is 2.38. The summed E-state index contributed by atoms with van der Waals surface area (Å²) in [6, 6.07) is 5.92. The molecule has 0 aromatic carbocycles. The predicted octanol–water partition coefficient (Wildman–Crippen LogP) is 1.28. The van der Waals surface area contributed by atoms with E-state index in [0.29, 0.717) is 5.92 Å². The molecule has 2 unspecified atom stereocenters. The molecule has 2 rings (SSSR count). The highest BCUT2D eigenvalue weighted by molar-refractivity contribution is 5.73. The molecule has 0 amide bonds. The van der Waals surface area contributed by atoms with Crippen molar-refractivity contribution >= 4 is 5.97 Å². The standard InChI is InChI=1S/C13H18N2O2/c1-15(9-10-8-12(10)13(16)17)7-5-11-4-2-3-6-14-11/h2-4,6,10,12H,5,7-9H2,1H3,(H,16,17). The molecule has 92 valence electrons. The number of rotatable bonds is 6. The third-order valence-corrected chi connectivity index (χ3v) is 3.26. The first-order chi connectivity index (χ1) is 8.16. The van der Waals surface area contributed by atoms with E-state index < -0.39 is 5.97 Å². The summed E-state index contributed by atoms with van der Waals surface area (Å²) in [4.78, 5) is 17.2. The molecule has 0 bridgehead atoms.